The van der Waals surface area contributed by atoms with E-state index in [0.29, 0.717) is 16.7 Å². The molecule has 22 heavy (non-hydrogen) atoms. The lowest BCUT2D eigenvalue weighted by Crippen LogP contribution is -2.30. The Hall–Kier alpha value is -2.01. The molecule has 1 aromatic carbocycles. The van der Waals surface area contributed by atoms with Crippen LogP contribution in [0.15, 0.2) is 28.8 Å². The standard InChI is InChI=1S/C16H17ClN2O3/c1-10(21-14-9-5-3-7-12(14)17)15(20)18-16-11-6-2-4-8-13(11)19-22-16/h3,5,7,9-10H,2,4,6,8H2,1H3,(H,18,20). The molecule has 0 saturated carbocycles. The molecule has 2 aromatic rings. The maximum Gasteiger partial charge on any atom is 0.267 e. The number of nitrogens with one attached hydrogen (secondary N) is 1. The first kappa shape index (κ1) is 14.9. The van der Waals surface area contributed by atoms with Crippen LogP contribution in [-0.4, -0.2) is 17.2 Å². The van der Waals surface area contributed by atoms with Crippen molar-refractivity contribution < 1.29 is 14.1 Å². The number of hydrogen-bond acceptors (Lipinski definition) is 4. The highest BCUT2D eigenvalue weighted by Crippen LogP contribution is 2.28. The second kappa shape index (κ2) is 6.40. The molecule has 1 aliphatic rings. The summed E-state index contributed by atoms with van der Waals surface area (Å²) in [5.41, 5.74) is 1.95. The number of amides is 1. The SMILES string of the molecule is CC(Oc1ccccc1Cl)C(=O)Nc1onc2c1CCCC2. The van der Waals surface area contributed by atoms with Gasteiger partial charge in [-0.3, -0.25) is 10.1 Å². The third kappa shape index (κ3) is 3.09. The smallest absolute Gasteiger partial charge is 0.267 e. The summed E-state index contributed by atoms with van der Waals surface area (Å²) in [6, 6.07) is 7.05. The van der Waals surface area contributed by atoms with E-state index in [1.807, 2.05) is 0 Å². The summed E-state index contributed by atoms with van der Waals surface area (Å²) in [5, 5.41) is 7.24. The Morgan fingerprint density at radius 1 is 1.36 bits per heavy atom. The molecule has 1 amide bonds. The quantitative estimate of drug-likeness (QED) is 0.934. The zero-order chi connectivity index (χ0) is 15.5. The fraction of sp³-hybridized carbons (Fsp3) is 0.375. The number of halogens is 1. The van der Waals surface area contributed by atoms with Crippen LogP contribution in [-0.2, 0) is 17.6 Å². The van der Waals surface area contributed by atoms with Crippen molar-refractivity contribution in [1.29, 1.82) is 0 Å². The van der Waals surface area contributed by atoms with Gasteiger partial charge in [-0.15, -0.1) is 0 Å². The minimum Gasteiger partial charge on any atom is -0.479 e. The van der Waals surface area contributed by atoms with Crippen LogP contribution in [0.3, 0.4) is 0 Å². The van der Waals surface area contributed by atoms with Gasteiger partial charge in [-0.05, 0) is 44.7 Å². The molecule has 6 heteroatoms. The predicted octanol–water partition coefficient (Wildman–Crippen LogP) is 3.61. The van der Waals surface area contributed by atoms with Gasteiger partial charge in [0.1, 0.15) is 5.75 Å². The Morgan fingerprint density at radius 3 is 2.95 bits per heavy atom. The van der Waals surface area contributed by atoms with Gasteiger partial charge in [0.15, 0.2) is 6.10 Å². The second-order valence-corrected chi connectivity index (χ2v) is 5.73. The molecule has 1 atom stereocenters. The van der Waals surface area contributed by atoms with Crippen LogP contribution in [0.25, 0.3) is 0 Å². The normalized spacial score (nSPS) is 15.0. The van der Waals surface area contributed by atoms with Gasteiger partial charge in [0, 0.05) is 5.56 Å². The van der Waals surface area contributed by atoms with E-state index in [1.165, 1.54) is 0 Å². The summed E-state index contributed by atoms with van der Waals surface area (Å²) in [7, 11) is 0. The van der Waals surface area contributed by atoms with Crippen molar-refractivity contribution in [3.8, 4) is 5.75 Å². The van der Waals surface area contributed by atoms with Crippen LogP contribution in [0.1, 0.15) is 31.0 Å². The summed E-state index contributed by atoms with van der Waals surface area (Å²) in [4.78, 5) is 12.2. The van der Waals surface area contributed by atoms with Gasteiger partial charge in [-0.2, -0.15) is 0 Å². The van der Waals surface area contributed by atoms with Crippen molar-refractivity contribution in [2.24, 2.45) is 0 Å². The molecule has 5 nitrogen and oxygen atoms in total. The molecule has 0 aliphatic heterocycles. The van der Waals surface area contributed by atoms with Gasteiger partial charge in [0.2, 0.25) is 5.88 Å². The average molecular weight is 321 g/mol. The number of carbonyl (C=O) groups excluding carboxylic acids is 1. The third-order valence-electron chi connectivity index (χ3n) is 3.71. The summed E-state index contributed by atoms with van der Waals surface area (Å²) >= 11 is 6.03. The Labute approximate surface area is 133 Å². The van der Waals surface area contributed by atoms with Gasteiger partial charge < -0.3 is 9.26 Å². The first-order valence-corrected chi connectivity index (χ1v) is 7.72. The number of carbonyl (C=O) groups is 1. The number of benzene rings is 1. The number of nitrogens with zero attached hydrogens (tertiary/aromatic N) is 1. The summed E-state index contributed by atoms with van der Waals surface area (Å²) < 4.78 is 10.8. The molecule has 1 N–H and O–H groups in total. The number of ether oxygens (including phenoxy) is 1. The Bertz CT molecular complexity index is 684. The van der Waals surface area contributed by atoms with Crippen LogP contribution in [0.2, 0.25) is 5.02 Å². The van der Waals surface area contributed by atoms with Crippen LogP contribution >= 0.6 is 11.6 Å². The van der Waals surface area contributed by atoms with Crippen molar-refractivity contribution in [2.45, 2.75) is 38.7 Å². The molecule has 0 spiro atoms. The topological polar surface area (TPSA) is 64.4 Å². The van der Waals surface area contributed by atoms with Crippen LogP contribution in [0.4, 0.5) is 5.88 Å². The number of anilines is 1. The van der Waals surface area contributed by atoms with E-state index in [1.54, 1.807) is 31.2 Å². The molecule has 1 heterocycles. The maximum atomic E-state index is 12.2. The van der Waals surface area contributed by atoms with Crippen LogP contribution < -0.4 is 10.1 Å². The highest BCUT2D eigenvalue weighted by molar-refractivity contribution is 6.32. The number of para-hydroxylation sites is 1. The van der Waals surface area contributed by atoms with E-state index in [0.717, 1.165) is 36.9 Å². The molecular weight excluding hydrogens is 304 g/mol. The van der Waals surface area contributed by atoms with Crippen molar-refractivity contribution in [3.05, 3.63) is 40.5 Å². The molecule has 1 aliphatic carbocycles. The minimum absolute atomic E-state index is 0.288. The Morgan fingerprint density at radius 2 is 2.14 bits per heavy atom. The molecule has 116 valence electrons. The molecule has 0 bridgehead atoms. The second-order valence-electron chi connectivity index (χ2n) is 5.32. The number of aromatic nitrogens is 1. The number of rotatable bonds is 4. The highest BCUT2D eigenvalue weighted by atomic mass is 35.5. The monoisotopic (exact) mass is 320 g/mol. The average Bonchev–Trinajstić information content (AvgIpc) is 2.93. The molecule has 0 saturated heterocycles. The lowest BCUT2D eigenvalue weighted by molar-refractivity contribution is -0.122. The molecule has 1 aromatic heterocycles. The van der Waals surface area contributed by atoms with Crippen molar-refractivity contribution in [2.75, 3.05) is 5.32 Å². The van der Waals surface area contributed by atoms with E-state index in [4.69, 9.17) is 20.9 Å². The predicted molar refractivity (Wildman–Crippen MR) is 83.3 cm³/mol. The van der Waals surface area contributed by atoms with Gasteiger partial charge in [-0.25, -0.2) is 0 Å². The van der Waals surface area contributed by atoms with E-state index in [9.17, 15) is 4.79 Å². The lowest BCUT2D eigenvalue weighted by Gasteiger charge is -2.15. The zero-order valence-corrected chi connectivity index (χ0v) is 13.0. The van der Waals surface area contributed by atoms with E-state index in [-0.39, 0.29) is 5.91 Å². The number of aryl methyl sites for hydroxylation is 1. The summed E-state index contributed by atoms with van der Waals surface area (Å²) in [6.45, 7) is 1.67. The first-order chi connectivity index (χ1) is 10.6. The molecule has 1 unspecified atom stereocenters. The molecule has 0 fully saturated rings. The number of fused-ring (bicyclic) bond motifs is 1. The van der Waals surface area contributed by atoms with Crippen LogP contribution in [0, 0.1) is 0 Å². The fourth-order valence-corrected chi connectivity index (χ4v) is 2.67. The van der Waals surface area contributed by atoms with E-state index in [2.05, 4.69) is 10.5 Å². The summed E-state index contributed by atoms with van der Waals surface area (Å²) in [5.74, 6) is 0.630. The summed E-state index contributed by atoms with van der Waals surface area (Å²) in [6.07, 6.45) is 3.29. The first-order valence-electron chi connectivity index (χ1n) is 7.34. The fourth-order valence-electron chi connectivity index (χ4n) is 2.49. The Kier molecular flexibility index (Phi) is 4.34. The van der Waals surface area contributed by atoms with Gasteiger partial charge in [0.05, 0.1) is 10.7 Å². The highest BCUT2D eigenvalue weighted by Gasteiger charge is 2.23. The van der Waals surface area contributed by atoms with Gasteiger partial charge in [0.25, 0.3) is 5.91 Å². The molecule has 0 radical (unpaired) electrons. The largest absolute Gasteiger partial charge is 0.479 e. The van der Waals surface area contributed by atoms with E-state index >= 15 is 0 Å². The lowest BCUT2D eigenvalue weighted by atomic mass is 9.98. The molecular formula is C16H17ClN2O3. The zero-order valence-electron chi connectivity index (χ0n) is 12.3. The van der Waals surface area contributed by atoms with Gasteiger partial charge >= 0.3 is 0 Å². The maximum absolute atomic E-state index is 12.2. The minimum atomic E-state index is -0.691. The van der Waals surface area contributed by atoms with Crippen molar-refractivity contribution in [1.82, 2.24) is 5.16 Å². The van der Waals surface area contributed by atoms with Crippen molar-refractivity contribution >= 4 is 23.4 Å². The van der Waals surface area contributed by atoms with Crippen LogP contribution in [0.5, 0.6) is 5.75 Å². The Balaban J connectivity index is 1.67. The molecule has 3 rings (SSSR count). The number of hydrogen-bond donors (Lipinski definition) is 1. The van der Waals surface area contributed by atoms with E-state index < -0.39 is 6.10 Å². The van der Waals surface area contributed by atoms with Crippen molar-refractivity contribution in [3.63, 3.8) is 0 Å². The third-order valence-corrected chi connectivity index (χ3v) is 4.02. The van der Waals surface area contributed by atoms with Gasteiger partial charge in [-0.1, -0.05) is 28.9 Å².